The van der Waals surface area contributed by atoms with Crippen molar-refractivity contribution in [2.24, 2.45) is 5.73 Å². The van der Waals surface area contributed by atoms with Crippen LogP contribution in [0.15, 0.2) is 52.5 Å². The molecular weight excluding hydrogens is 400 g/mol. The number of aliphatic hydroxyl groups excluding tert-OH is 1. The molecular formula is C22H22N4OS2. The first kappa shape index (κ1) is 18.7. The number of rotatable bonds is 4. The zero-order chi connectivity index (χ0) is 19.8. The molecule has 0 saturated carbocycles. The van der Waals surface area contributed by atoms with Crippen LogP contribution in [0.5, 0.6) is 0 Å². The topological polar surface area (TPSA) is 75.3 Å². The average molecular weight is 423 g/mol. The number of hydrogen-bond donors (Lipinski definition) is 2. The van der Waals surface area contributed by atoms with Gasteiger partial charge in [-0.2, -0.15) is 11.3 Å². The zero-order valence-electron chi connectivity index (χ0n) is 15.9. The number of aliphatic hydroxyl groups is 1. The van der Waals surface area contributed by atoms with Crippen LogP contribution in [0.2, 0.25) is 0 Å². The summed E-state index contributed by atoms with van der Waals surface area (Å²) in [6.45, 7) is 1.57. The molecule has 0 unspecified atom stereocenters. The van der Waals surface area contributed by atoms with Crippen LogP contribution in [-0.4, -0.2) is 40.3 Å². The normalized spacial score (nSPS) is 16.4. The molecule has 0 atom stereocenters. The number of hydrogen-bond acceptors (Lipinski definition) is 7. The number of benzene rings is 1. The van der Waals surface area contributed by atoms with Crippen molar-refractivity contribution in [3.8, 4) is 22.5 Å². The van der Waals surface area contributed by atoms with Gasteiger partial charge in [-0.15, -0.1) is 11.3 Å². The quantitative estimate of drug-likeness (QED) is 0.511. The Morgan fingerprint density at radius 1 is 1.03 bits per heavy atom. The maximum absolute atomic E-state index is 9.64. The predicted molar refractivity (Wildman–Crippen MR) is 122 cm³/mol. The van der Waals surface area contributed by atoms with E-state index in [9.17, 15) is 5.11 Å². The Bertz CT molecular complexity index is 1120. The third-order valence-electron chi connectivity index (χ3n) is 5.65. The van der Waals surface area contributed by atoms with Gasteiger partial charge in [0.05, 0.1) is 12.0 Å². The molecule has 1 fully saturated rings. The van der Waals surface area contributed by atoms with E-state index in [4.69, 9.17) is 15.7 Å². The first-order valence-electron chi connectivity index (χ1n) is 9.69. The Morgan fingerprint density at radius 2 is 1.83 bits per heavy atom. The molecule has 3 aromatic heterocycles. The van der Waals surface area contributed by atoms with Crippen molar-refractivity contribution in [1.29, 1.82) is 0 Å². The van der Waals surface area contributed by atoms with E-state index in [1.165, 1.54) is 11.1 Å². The average Bonchev–Trinajstić information content (AvgIpc) is 3.44. The lowest BCUT2D eigenvalue weighted by Crippen LogP contribution is -2.53. The van der Waals surface area contributed by atoms with Gasteiger partial charge >= 0.3 is 0 Å². The molecule has 7 heteroatoms. The van der Waals surface area contributed by atoms with E-state index in [1.54, 1.807) is 22.7 Å². The summed E-state index contributed by atoms with van der Waals surface area (Å²) in [4.78, 5) is 13.2. The first-order chi connectivity index (χ1) is 14.2. The van der Waals surface area contributed by atoms with Crippen molar-refractivity contribution in [3.63, 3.8) is 0 Å². The third kappa shape index (κ3) is 3.44. The van der Waals surface area contributed by atoms with Gasteiger partial charge in [0.15, 0.2) is 5.82 Å². The van der Waals surface area contributed by atoms with Gasteiger partial charge in [0, 0.05) is 40.5 Å². The SMILES string of the molecule is NC1(CO)CCN(c2nc(-c3ccsc3)nc3scc(-c4ccccc4)c23)CC1. The fraction of sp³-hybridized carbons (Fsp3) is 0.273. The highest BCUT2D eigenvalue weighted by molar-refractivity contribution is 7.17. The van der Waals surface area contributed by atoms with E-state index in [1.807, 2.05) is 6.07 Å². The maximum atomic E-state index is 9.64. The Balaban J connectivity index is 1.66. The van der Waals surface area contributed by atoms with Crippen LogP contribution >= 0.6 is 22.7 Å². The second-order valence-corrected chi connectivity index (χ2v) is 9.22. The Labute approximate surface area is 177 Å². The second kappa shape index (κ2) is 7.50. The number of anilines is 1. The summed E-state index contributed by atoms with van der Waals surface area (Å²) in [7, 11) is 0. The van der Waals surface area contributed by atoms with E-state index in [0.717, 1.165) is 53.4 Å². The molecule has 1 aromatic carbocycles. The minimum absolute atomic E-state index is 0.0217. The van der Waals surface area contributed by atoms with Gasteiger partial charge < -0.3 is 15.7 Å². The number of aromatic nitrogens is 2. The fourth-order valence-electron chi connectivity index (χ4n) is 3.83. The summed E-state index contributed by atoms with van der Waals surface area (Å²) in [5.74, 6) is 1.73. The molecule has 4 heterocycles. The van der Waals surface area contributed by atoms with Crippen molar-refractivity contribution < 1.29 is 5.11 Å². The van der Waals surface area contributed by atoms with Gasteiger partial charge in [-0.25, -0.2) is 9.97 Å². The number of piperidine rings is 1. The molecule has 0 bridgehead atoms. The summed E-state index contributed by atoms with van der Waals surface area (Å²) in [6, 6.07) is 12.5. The van der Waals surface area contributed by atoms with Crippen LogP contribution in [0, 0.1) is 0 Å². The Morgan fingerprint density at radius 3 is 2.52 bits per heavy atom. The molecule has 0 aliphatic carbocycles. The van der Waals surface area contributed by atoms with E-state index in [-0.39, 0.29) is 6.61 Å². The molecule has 4 aromatic rings. The standard InChI is InChI=1S/C22H22N4OS2/c23-22(14-27)7-9-26(10-8-22)20-18-17(15-4-2-1-3-5-15)13-29-21(18)25-19(24-20)16-6-11-28-12-16/h1-6,11-13,27H,7-10,14,23H2. The summed E-state index contributed by atoms with van der Waals surface area (Å²) >= 11 is 3.32. The largest absolute Gasteiger partial charge is 0.394 e. The molecule has 148 valence electrons. The molecule has 0 amide bonds. The van der Waals surface area contributed by atoms with Gasteiger partial charge in [-0.05, 0) is 29.9 Å². The maximum Gasteiger partial charge on any atom is 0.163 e. The number of thiophene rings is 2. The lowest BCUT2D eigenvalue weighted by atomic mass is 9.89. The van der Waals surface area contributed by atoms with Gasteiger partial charge in [-0.1, -0.05) is 30.3 Å². The lowest BCUT2D eigenvalue weighted by molar-refractivity contribution is 0.170. The number of nitrogens with zero attached hydrogens (tertiary/aromatic N) is 3. The summed E-state index contributed by atoms with van der Waals surface area (Å²) in [5, 5.41) is 17.1. The predicted octanol–water partition coefficient (Wildman–Crippen LogP) is 4.38. The summed E-state index contributed by atoms with van der Waals surface area (Å²) in [5.41, 5.74) is 9.22. The van der Waals surface area contributed by atoms with Crippen molar-refractivity contribution in [1.82, 2.24) is 9.97 Å². The van der Waals surface area contributed by atoms with Gasteiger partial charge in [0.25, 0.3) is 0 Å². The van der Waals surface area contributed by atoms with Crippen molar-refractivity contribution in [2.75, 3.05) is 24.6 Å². The van der Waals surface area contributed by atoms with Gasteiger partial charge in [-0.3, -0.25) is 0 Å². The number of fused-ring (bicyclic) bond motifs is 1. The molecule has 1 saturated heterocycles. The Hall–Kier alpha value is -2.32. The molecule has 0 spiro atoms. The highest BCUT2D eigenvalue weighted by Gasteiger charge is 2.32. The van der Waals surface area contributed by atoms with Crippen LogP contribution in [0.1, 0.15) is 12.8 Å². The molecule has 3 N–H and O–H groups in total. The fourth-order valence-corrected chi connectivity index (χ4v) is 5.40. The third-order valence-corrected chi connectivity index (χ3v) is 7.21. The van der Waals surface area contributed by atoms with Crippen molar-refractivity contribution in [2.45, 2.75) is 18.4 Å². The van der Waals surface area contributed by atoms with Crippen LogP contribution in [0.3, 0.4) is 0 Å². The highest BCUT2D eigenvalue weighted by atomic mass is 32.1. The van der Waals surface area contributed by atoms with Crippen molar-refractivity contribution in [3.05, 3.63) is 52.5 Å². The van der Waals surface area contributed by atoms with E-state index in [2.05, 4.69) is 51.4 Å². The van der Waals surface area contributed by atoms with Gasteiger partial charge in [0.1, 0.15) is 10.6 Å². The lowest BCUT2D eigenvalue weighted by Gasteiger charge is -2.38. The highest BCUT2D eigenvalue weighted by Crippen LogP contribution is 2.40. The summed E-state index contributed by atoms with van der Waals surface area (Å²) < 4.78 is 0. The second-order valence-electron chi connectivity index (χ2n) is 7.59. The minimum atomic E-state index is -0.490. The van der Waals surface area contributed by atoms with Crippen LogP contribution in [0.4, 0.5) is 5.82 Å². The van der Waals surface area contributed by atoms with E-state index < -0.39 is 5.54 Å². The molecule has 29 heavy (non-hydrogen) atoms. The molecule has 5 rings (SSSR count). The van der Waals surface area contributed by atoms with Crippen molar-refractivity contribution >= 4 is 38.7 Å². The van der Waals surface area contributed by atoms with Gasteiger partial charge in [0.2, 0.25) is 0 Å². The van der Waals surface area contributed by atoms with E-state index >= 15 is 0 Å². The van der Waals surface area contributed by atoms with Crippen LogP contribution in [-0.2, 0) is 0 Å². The molecule has 1 aliphatic rings. The zero-order valence-corrected chi connectivity index (χ0v) is 17.5. The van der Waals surface area contributed by atoms with E-state index in [0.29, 0.717) is 0 Å². The molecule has 1 aliphatic heterocycles. The monoisotopic (exact) mass is 422 g/mol. The number of nitrogens with two attached hydrogens (primary N) is 1. The first-order valence-corrected chi connectivity index (χ1v) is 11.5. The Kier molecular flexibility index (Phi) is 4.83. The molecule has 5 nitrogen and oxygen atoms in total. The minimum Gasteiger partial charge on any atom is -0.394 e. The summed E-state index contributed by atoms with van der Waals surface area (Å²) in [6.07, 6.45) is 1.49. The smallest absolute Gasteiger partial charge is 0.163 e. The van der Waals surface area contributed by atoms with Crippen LogP contribution in [0.25, 0.3) is 32.7 Å². The molecule has 0 radical (unpaired) electrons. The van der Waals surface area contributed by atoms with Crippen LogP contribution < -0.4 is 10.6 Å².